The minimum absolute atomic E-state index is 0.152. The van der Waals surface area contributed by atoms with Crippen molar-refractivity contribution in [3.8, 4) is 0 Å². The first-order valence-electron chi connectivity index (χ1n) is 7.79. The second-order valence-corrected chi connectivity index (χ2v) is 7.40. The Bertz CT molecular complexity index is 817. The summed E-state index contributed by atoms with van der Waals surface area (Å²) in [5.41, 5.74) is 2.03. The van der Waals surface area contributed by atoms with Crippen LogP contribution < -0.4 is 10.0 Å². The minimum Gasteiger partial charge on any atom is -0.326 e. The number of amides is 1. The second-order valence-electron chi connectivity index (χ2n) is 5.55. The largest absolute Gasteiger partial charge is 0.326 e. The number of sulfonamides is 1. The molecule has 2 aromatic carbocycles. The van der Waals surface area contributed by atoms with Gasteiger partial charge in [-0.2, -0.15) is 0 Å². The fourth-order valence-electron chi connectivity index (χ4n) is 2.56. The summed E-state index contributed by atoms with van der Waals surface area (Å²) in [5.74, 6) is -0.433. The molecule has 2 rings (SSSR count). The van der Waals surface area contributed by atoms with E-state index in [0.29, 0.717) is 17.7 Å². The van der Waals surface area contributed by atoms with Crippen LogP contribution in [0.5, 0.6) is 0 Å². The molecular weight excluding hydrogens is 324 g/mol. The Labute approximate surface area is 143 Å². The van der Waals surface area contributed by atoms with Crippen molar-refractivity contribution in [3.05, 3.63) is 59.7 Å². The molecule has 1 unspecified atom stereocenters. The van der Waals surface area contributed by atoms with E-state index in [2.05, 4.69) is 10.0 Å². The number of anilines is 1. The van der Waals surface area contributed by atoms with E-state index in [9.17, 15) is 13.2 Å². The van der Waals surface area contributed by atoms with Crippen molar-refractivity contribution in [2.45, 2.75) is 31.1 Å². The van der Waals surface area contributed by atoms with E-state index in [1.54, 1.807) is 19.1 Å². The maximum atomic E-state index is 12.6. The van der Waals surface area contributed by atoms with Crippen molar-refractivity contribution in [1.29, 1.82) is 0 Å². The molecule has 0 aromatic heterocycles. The summed E-state index contributed by atoms with van der Waals surface area (Å²) >= 11 is 0. The first-order valence-corrected chi connectivity index (χ1v) is 9.27. The first-order chi connectivity index (χ1) is 11.4. The van der Waals surface area contributed by atoms with E-state index in [1.165, 1.54) is 13.1 Å². The van der Waals surface area contributed by atoms with Gasteiger partial charge in [0.15, 0.2) is 0 Å². The van der Waals surface area contributed by atoms with E-state index in [0.717, 1.165) is 5.56 Å². The number of hydrogen-bond donors (Lipinski definition) is 2. The second kappa shape index (κ2) is 7.59. The van der Waals surface area contributed by atoms with Gasteiger partial charge in [-0.3, -0.25) is 4.79 Å². The number of carbonyl (C=O) groups excluding carboxylic acids is 1. The highest BCUT2D eigenvalue weighted by Crippen LogP contribution is 2.24. The van der Waals surface area contributed by atoms with Crippen molar-refractivity contribution in [1.82, 2.24) is 4.72 Å². The monoisotopic (exact) mass is 346 g/mol. The van der Waals surface area contributed by atoms with Crippen LogP contribution in [-0.2, 0) is 14.8 Å². The Morgan fingerprint density at radius 2 is 1.79 bits per heavy atom. The fourth-order valence-corrected chi connectivity index (χ4v) is 3.56. The zero-order valence-corrected chi connectivity index (χ0v) is 14.9. The van der Waals surface area contributed by atoms with Gasteiger partial charge in [0, 0.05) is 5.69 Å². The molecule has 6 heteroatoms. The topological polar surface area (TPSA) is 75.3 Å². The van der Waals surface area contributed by atoms with Crippen LogP contribution in [0.4, 0.5) is 5.69 Å². The summed E-state index contributed by atoms with van der Waals surface area (Å²) in [4.78, 5) is 12.7. The van der Waals surface area contributed by atoms with Gasteiger partial charge in [-0.25, -0.2) is 13.1 Å². The predicted molar refractivity (Wildman–Crippen MR) is 95.5 cm³/mol. The number of rotatable bonds is 6. The number of nitrogens with one attached hydrogen (secondary N) is 2. The molecule has 0 radical (unpaired) electrons. The average molecular weight is 346 g/mol. The van der Waals surface area contributed by atoms with Crippen molar-refractivity contribution >= 4 is 21.6 Å². The van der Waals surface area contributed by atoms with Crippen molar-refractivity contribution in [3.63, 3.8) is 0 Å². The molecule has 2 N–H and O–H groups in total. The average Bonchev–Trinajstić information content (AvgIpc) is 2.58. The number of benzene rings is 2. The van der Waals surface area contributed by atoms with Crippen LogP contribution in [-0.4, -0.2) is 21.4 Å². The van der Waals surface area contributed by atoms with E-state index < -0.39 is 10.0 Å². The first kappa shape index (κ1) is 18.2. The summed E-state index contributed by atoms with van der Waals surface area (Å²) in [6.07, 6.45) is 0.656. The van der Waals surface area contributed by atoms with E-state index in [-0.39, 0.29) is 16.7 Å². The van der Waals surface area contributed by atoms with Crippen LogP contribution in [0.1, 0.15) is 30.4 Å². The molecule has 5 nitrogen and oxygen atoms in total. The van der Waals surface area contributed by atoms with E-state index in [1.807, 2.05) is 37.3 Å². The molecule has 1 atom stereocenters. The van der Waals surface area contributed by atoms with Gasteiger partial charge >= 0.3 is 0 Å². The van der Waals surface area contributed by atoms with Gasteiger partial charge in [0.1, 0.15) is 0 Å². The Kier molecular flexibility index (Phi) is 5.75. The molecule has 1 amide bonds. The summed E-state index contributed by atoms with van der Waals surface area (Å²) in [6, 6.07) is 14.4. The molecule has 0 bridgehead atoms. The highest BCUT2D eigenvalue weighted by atomic mass is 32.2. The molecular formula is C18H22N2O3S. The molecule has 0 aliphatic carbocycles. The standard InChI is InChI=1S/C18H22N2O3S/c1-4-16(14-8-6-5-7-9-14)18(21)20-15-11-10-13(2)17(12-15)24(22,23)19-3/h5-12,16,19H,4H2,1-3H3,(H,20,21). The number of aryl methyl sites for hydroxylation is 1. The molecule has 0 fully saturated rings. The van der Waals surface area contributed by atoms with Crippen LogP contribution in [0.15, 0.2) is 53.4 Å². The van der Waals surface area contributed by atoms with Crippen LogP contribution in [0.2, 0.25) is 0 Å². The lowest BCUT2D eigenvalue weighted by molar-refractivity contribution is -0.117. The van der Waals surface area contributed by atoms with Gasteiger partial charge in [-0.05, 0) is 43.7 Å². The smallest absolute Gasteiger partial charge is 0.240 e. The summed E-state index contributed by atoms with van der Waals surface area (Å²) < 4.78 is 26.4. The molecule has 24 heavy (non-hydrogen) atoms. The summed E-state index contributed by atoms with van der Waals surface area (Å²) in [5, 5.41) is 2.82. The van der Waals surface area contributed by atoms with Crippen LogP contribution in [0, 0.1) is 6.92 Å². The molecule has 0 heterocycles. The summed E-state index contributed by atoms with van der Waals surface area (Å²) in [6.45, 7) is 3.66. The van der Waals surface area contributed by atoms with Gasteiger partial charge in [0.25, 0.3) is 0 Å². The van der Waals surface area contributed by atoms with E-state index >= 15 is 0 Å². The third-order valence-electron chi connectivity index (χ3n) is 3.94. The lowest BCUT2D eigenvalue weighted by Crippen LogP contribution is -2.22. The Morgan fingerprint density at radius 1 is 1.12 bits per heavy atom. The lowest BCUT2D eigenvalue weighted by atomic mass is 9.95. The van der Waals surface area contributed by atoms with Gasteiger partial charge in [-0.15, -0.1) is 0 Å². The third-order valence-corrected chi connectivity index (χ3v) is 5.50. The van der Waals surface area contributed by atoms with Gasteiger partial charge in [-0.1, -0.05) is 43.3 Å². The maximum Gasteiger partial charge on any atom is 0.240 e. The molecule has 128 valence electrons. The SMILES string of the molecule is CCC(C(=O)Nc1ccc(C)c(S(=O)(=O)NC)c1)c1ccccc1. The Hall–Kier alpha value is -2.18. The van der Waals surface area contributed by atoms with Crippen LogP contribution in [0.3, 0.4) is 0 Å². The summed E-state index contributed by atoms with van der Waals surface area (Å²) in [7, 11) is -2.20. The van der Waals surface area contributed by atoms with Crippen molar-refractivity contribution < 1.29 is 13.2 Å². The molecule has 0 aliphatic rings. The maximum absolute atomic E-state index is 12.6. The van der Waals surface area contributed by atoms with E-state index in [4.69, 9.17) is 0 Å². The molecule has 0 aliphatic heterocycles. The third kappa shape index (κ3) is 4.01. The highest BCUT2D eigenvalue weighted by Gasteiger charge is 2.20. The van der Waals surface area contributed by atoms with Gasteiger partial charge < -0.3 is 5.32 Å². The zero-order valence-electron chi connectivity index (χ0n) is 14.0. The fraction of sp³-hybridized carbons (Fsp3) is 0.278. The lowest BCUT2D eigenvalue weighted by Gasteiger charge is -2.16. The quantitative estimate of drug-likeness (QED) is 0.844. The number of hydrogen-bond acceptors (Lipinski definition) is 3. The van der Waals surface area contributed by atoms with Crippen molar-refractivity contribution in [2.75, 3.05) is 12.4 Å². The van der Waals surface area contributed by atoms with Gasteiger partial charge in [0.05, 0.1) is 10.8 Å². The highest BCUT2D eigenvalue weighted by molar-refractivity contribution is 7.89. The molecule has 2 aromatic rings. The molecule has 0 saturated carbocycles. The Balaban J connectivity index is 2.28. The Morgan fingerprint density at radius 3 is 2.38 bits per heavy atom. The molecule has 0 saturated heterocycles. The van der Waals surface area contributed by atoms with Crippen LogP contribution >= 0.6 is 0 Å². The number of carbonyl (C=O) groups is 1. The minimum atomic E-state index is -3.57. The van der Waals surface area contributed by atoms with Gasteiger partial charge in [0.2, 0.25) is 15.9 Å². The zero-order chi connectivity index (χ0) is 17.7. The molecule has 0 spiro atoms. The van der Waals surface area contributed by atoms with Crippen LogP contribution in [0.25, 0.3) is 0 Å². The van der Waals surface area contributed by atoms with Crippen molar-refractivity contribution in [2.24, 2.45) is 0 Å². The predicted octanol–water partition coefficient (Wildman–Crippen LogP) is 3.04. The normalized spacial score (nSPS) is 12.6.